The number of rotatable bonds is 4. The van der Waals surface area contributed by atoms with Crippen molar-refractivity contribution in [2.24, 2.45) is 0 Å². The van der Waals surface area contributed by atoms with E-state index in [1.165, 1.54) is 10.4 Å². The Hall–Kier alpha value is 0.110. The Morgan fingerprint density at radius 1 is 1.29 bits per heavy atom. The molecule has 1 N–H and O–H groups in total. The predicted molar refractivity (Wildman–Crippen MR) is 85.8 cm³/mol. The SMILES string of the molecule is CC(C)(O)CN1CCN(S(=O)(=O)c2cc(Cl)sc2Cl)CC1. The standard InChI is InChI=1S/C12H18Cl2N2O3S2/c1-12(2,17)8-15-3-5-16(6-4-15)21(18,19)9-7-10(13)20-11(9)14/h7,17H,3-6,8H2,1-2H3. The Labute approximate surface area is 139 Å². The third-order valence-electron chi connectivity index (χ3n) is 3.19. The zero-order valence-electron chi connectivity index (χ0n) is 11.8. The summed E-state index contributed by atoms with van der Waals surface area (Å²) in [7, 11) is -3.60. The largest absolute Gasteiger partial charge is 0.389 e. The van der Waals surface area contributed by atoms with Gasteiger partial charge in [-0.2, -0.15) is 4.31 Å². The first-order chi connectivity index (χ1) is 9.59. The highest BCUT2D eigenvalue weighted by Crippen LogP contribution is 2.36. The van der Waals surface area contributed by atoms with Crippen LogP contribution >= 0.6 is 34.5 Å². The van der Waals surface area contributed by atoms with E-state index in [0.29, 0.717) is 37.1 Å². The predicted octanol–water partition coefficient (Wildman–Crippen LogP) is 2.13. The molecule has 0 atom stereocenters. The van der Waals surface area contributed by atoms with Crippen LogP contribution < -0.4 is 0 Å². The summed E-state index contributed by atoms with van der Waals surface area (Å²) in [6, 6.07) is 1.40. The van der Waals surface area contributed by atoms with Crippen LogP contribution in [0.3, 0.4) is 0 Å². The Balaban J connectivity index is 2.06. The average Bonchev–Trinajstić information content (AvgIpc) is 2.68. The molecule has 0 aromatic carbocycles. The number of nitrogens with zero attached hydrogens (tertiary/aromatic N) is 2. The molecule has 2 rings (SSSR count). The monoisotopic (exact) mass is 372 g/mol. The van der Waals surface area contributed by atoms with E-state index in [4.69, 9.17) is 23.2 Å². The second kappa shape index (κ2) is 6.31. The lowest BCUT2D eigenvalue weighted by atomic mass is 10.1. The number of piperazine rings is 1. The zero-order chi connectivity index (χ0) is 15.8. The maximum atomic E-state index is 12.5. The first-order valence-corrected chi connectivity index (χ1v) is 9.50. The van der Waals surface area contributed by atoms with Gasteiger partial charge in [0.05, 0.1) is 9.94 Å². The summed E-state index contributed by atoms with van der Waals surface area (Å²) in [5, 5.41) is 9.81. The first kappa shape index (κ1) is 17.5. The van der Waals surface area contributed by atoms with Gasteiger partial charge in [0, 0.05) is 32.7 Å². The van der Waals surface area contributed by atoms with Gasteiger partial charge in [-0.05, 0) is 19.9 Å². The number of sulfonamides is 1. The van der Waals surface area contributed by atoms with Crippen LogP contribution in [0, 0.1) is 0 Å². The van der Waals surface area contributed by atoms with Gasteiger partial charge in [-0.15, -0.1) is 11.3 Å². The van der Waals surface area contributed by atoms with Gasteiger partial charge < -0.3 is 5.11 Å². The smallest absolute Gasteiger partial charge is 0.245 e. The molecule has 1 fully saturated rings. The van der Waals surface area contributed by atoms with Gasteiger partial charge in [-0.3, -0.25) is 4.90 Å². The van der Waals surface area contributed by atoms with Gasteiger partial charge in [0.25, 0.3) is 0 Å². The fourth-order valence-corrected chi connectivity index (χ4v) is 5.85. The van der Waals surface area contributed by atoms with Gasteiger partial charge >= 0.3 is 0 Å². The number of halogens is 2. The Bertz CT molecular complexity index is 603. The van der Waals surface area contributed by atoms with Crippen LogP contribution in [0.2, 0.25) is 8.67 Å². The molecule has 0 unspecified atom stereocenters. The minimum Gasteiger partial charge on any atom is -0.389 e. The molecule has 9 heteroatoms. The van der Waals surface area contributed by atoms with E-state index in [1.54, 1.807) is 13.8 Å². The molecule has 21 heavy (non-hydrogen) atoms. The summed E-state index contributed by atoms with van der Waals surface area (Å²) in [6.07, 6.45) is 0. The van der Waals surface area contributed by atoms with E-state index < -0.39 is 15.6 Å². The van der Waals surface area contributed by atoms with Crippen LogP contribution in [0.1, 0.15) is 13.8 Å². The molecule has 1 aromatic heterocycles. The van der Waals surface area contributed by atoms with Crippen LogP contribution in [-0.4, -0.2) is 61.1 Å². The van der Waals surface area contributed by atoms with Crippen molar-refractivity contribution in [2.75, 3.05) is 32.7 Å². The van der Waals surface area contributed by atoms with Crippen molar-refractivity contribution in [3.63, 3.8) is 0 Å². The Morgan fingerprint density at radius 3 is 2.29 bits per heavy atom. The second-order valence-corrected chi connectivity index (χ2v) is 9.87. The maximum absolute atomic E-state index is 12.5. The number of hydrogen-bond acceptors (Lipinski definition) is 5. The average molecular weight is 373 g/mol. The van der Waals surface area contributed by atoms with Crippen molar-refractivity contribution in [3.05, 3.63) is 14.7 Å². The molecule has 0 saturated carbocycles. The van der Waals surface area contributed by atoms with Gasteiger partial charge in [0.1, 0.15) is 9.23 Å². The molecule has 5 nitrogen and oxygen atoms in total. The minimum absolute atomic E-state index is 0.0788. The molecule has 1 aromatic rings. The molecule has 0 amide bonds. The lowest BCUT2D eigenvalue weighted by molar-refractivity contribution is 0.0263. The van der Waals surface area contributed by atoms with Crippen LogP contribution in [0.25, 0.3) is 0 Å². The molecular formula is C12H18Cl2N2O3S2. The fourth-order valence-electron chi connectivity index (χ4n) is 2.32. The van der Waals surface area contributed by atoms with E-state index in [-0.39, 0.29) is 9.23 Å². The van der Waals surface area contributed by atoms with Crippen LogP contribution in [0.5, 0.6) is 0 Å². The van der Waals surface area contributed by atoms with Crippen molar-refractivity contribution < 1.29 is 13.5 Å². The normalized spacial score (nSPS) is 19.1. The van der Waals surface area contributed by atoms with Crippen LogP contribution in [0.15, 0.2) is 11.0 Å². The lowest BCUT2D eigenvalue weighted by Gasteiger charge is -2.36. The molecule has 1 aliphatic heterocycles. The molecule has 0 spiro atoms. The molecule has 2 heterocycles. The summed E-state index contributed by atoms with van der Waals surface area (Å²) in [6.45, 7) is 5.92. The van der Waals surface area contributed by atoms with Gasteiger partial charge in [-0.1, -0.05) is 23.2 Å². The number of thiophene rings is 1. The summed E-state index contributed by atoms with van der Waals surface area (Å²) in [5.41, 5.74) is -0.786. The van der Waals surface area contributed by atoms with Gasteiger partial charge in [-0.25, -0.2) is 8.42 Å². The molecular weight excluding hydrogens is 355 g/mol. The van der Waals surface area contributed by atoms with Gasteiger partial charge in [0.2, 0.25) is 10.0 Å². The molecule has 120 valence electrons. The highest BCUT2D eigenvalue weighted by molar-refractivity contribution is 7.89. The van der Waals surface area contributed by atoms with Crippen molar-refractivity contribution in [1.29, 1.82) is 0 Å². The first-order valence-electron chi connectivity index (χ1n) is 6.49. The van der Waals surface area contributed by atoms with E-state index in [0.717, 1.165) is 11.3 Å². The molecule has 1 saturated heterocycles. The zero-order valence-corrected chi connectivity index (χ0v) is 15.0. The van der Waals surface area contributed by atoms with Crippen LogP contribution in [0.4, 0.5) is 0 Å². The van der Waals surface area contributed by atoms with Crippen molar-refractivity contribution in [3.8, 4) is 0 Å². The number of hydrogen-bond donors (Lipinski definition) is 1. The van der Waals surface area contributed by atoms with Gasteiger partial charge in [0.15, 0.2) is 0 Å². The highest BCUT2D eigenvalue weighted by Gasteiger charge is 2.32. The quantitative estimate of drug-likeness (QED) is 0.879. The second-order valence-electron chi connectivity index (χ2n) is 5.68. The minimum atomic E-state index is -3.60. The summed E-state index contributed by atoms with van der Waals surface area (Å²) in [4.78, 5) is 2.13. The topological polar surface area (TPSA) is 60.9 Å². The van der Waals surface area contributed by atoms with Crippen molar-refractivity contribution >= 4 is 44.6 Å². The third-order valence-corrected chi connectivity index (χ3v) is 6.84. The van der Waals surface area contributed by atoms with E-state index in [1.807, 2.05) is 4.90 Å². The third kappa shape index (κ3) is 4.31. The summed E-state index contributed by atoms with van der Waals surface area (Å²) < 4.78 is 27.0. The van der Waals surface area contributed by atoms with E-state index in [2.05, 4.69) is 0 Å². The van der Waals surface area contributed by atoms with E-state index >= 15 is 0 Å². The van der Waals surface area contributed by atoms with E-state index in [9.17, 15) is 13.5 Å². The number of aliphatic hydroxyl groups is 1. The highest BCUT2D eigenvalue weighted by atomic mass is 35.5. The summed E-state index contributed by atoms with van der Waals surface area (Å²) in [5.74, 6) is 0. The maximum Gasteiger partial charge on any atom is 0.245 e. The van der Waals surface area contributed by atoms with Crippen molar-refractivity contribution in [2.45, 2.75) is 24.3 Å². The fraction of sp³-hybridized carbons (Fsp3) is 0.667. The molecule has 1 aliphatic rings. The Morgan fingerprint density at radius 2 is 1.86 bits per heavy atom. The Kier molecular flexibility index (Phi) is 5.25. The number of β-amino-alcohol motifs (C(OH)–C–C–N with tert-alkyl or cyclic N) is 1. The molecule has 0 bridgehead atoms. The molecule has 0 radical (unpaired) electrons. The molecule has 0 aliphatic carbocycles. The van der Waals surface area contributed by atoms with Crippen LogP contribution in [-0.2, 0) is 10.0 Å². The lowest BCUT2D eigenvalue weighted by Crippen LogP contribution is -2.51. The summed E-state index contributed by atoms with van der Waals surface area (Å²) >= 11 is 12.8. The van der Waals surface area contributed by atoms with Crippen molar-refractivity contribution in [1.82, 2.24) is 9.21 Å².